The molecule has 1 aliphatic carbocycles. The first-order chi connectivity index (χ1) is 9.51. The molecule has 1 aromatic heterocycles. The van der Waals surface area contributed by atoms with Gasteiger partial charge in [0, 0.05) is 24.9 Å². The van der Waals surface area contributed by atoms with Gasteiger partial charge >= 0.3 is 0 Å². The van der Waals surface area contributed by atoms with Crippen molar-refractivity contribution in [2.45, 2.75) is 43.6 Å². The van der Waals surface area contributed by atoms with Crippen molar-refractivity contribution in [1.29, 1.82) is 0 Å². The molecule has 2 aliphatic rings. The normalized spacial score (nSPS) is 27.1. The second kappa shape index (κ2) is 4.84. The van der Waals surface area contributed by atoms with E-state index in [0.29, 0.717) is 11.5 Å². The quantitative estimate of drug-likeness (QED) is 0.893. The lowest BCUT2D eigenvalue weighted by atomic mass is 9.81. The molecule has 4 nitrogen and oxygen atoms in total. The number of carbonyl (C=O) groups excluding carboxylic acids is 1. The molecule has 2 heterocycles. The van der Waals surface area contributed by atoms with Crippen molar-refractivity contribution in [3.63, 3.8) is 0 Å². The maximum atomic E-state index is 12.8. The molecule has 1 aliphatic heterocycles. The van der Waals surface area contributed by atoms with Crippen LogP contribution in [0.3, 0.4) is 0 Å². The topological polar surface area (TPSA) is 56.3 Å². The van der Waals surface area contributed by atoms with Gasteiger partial charge in [-0.15, -0.1) is 0 Å². The Morgan fingerprint density at radius 1 is 1.50 bits per heavy atom. The van der Waals surface area contributed by atoms with Gasteiger partial charge in [-0.1, -0.05) is 6.42 Å². The van der Waals surface area contributed by atoms with Gasteiger partial charge in [0.1, 0.15) is 5.60 Å². The van der Waals surface area contributed by atoms with Gasteiger partial charge in [0.2, 0.25) is 0 Å². The summed E-state index contributed by atoms with van der Waals surface area (Å²) in [4.78, 5) is 16.9. The monoisotopic (exact) mass is 284 g/mol. The van der Waals surface area contributed by atoms with Crippen molar-refractivity contribution in [1.82, 2.24) is 9.88 Å². The Bertz CT molecular complexity index is 513. The molecule has 1 saturated heterocycles. The predicted octanol–water partition coefficient (Wildman–Crippen LogP) is 2.12. The Morgan fingerprint density at radius 2 is 2.25 bits per heavy atom. The van der Waals surface area contributed by atoms with Crippen molar-refractivity contribution < 1.29 is 18.7 Å². The highest BCUT2D eigenvalue weighted by Gasteiger charge is 2.46. The van der Waals surface area contributed by atoms with E-state index in [9.17, 15) is 18.7 Å². The van der Waals surface area contributed by atoms with Gasteiger partial charge in [0.05, 0.1) is 12.1 Å². The van der Waals surface area contributed by atoms with E-state index < -0.39 is 12.0 Å². The lowest BCUT2D eigenvalue weighted by Gasteiger charge is -2.27. The third-order valence-corrected chi connectivity index (χ3v) is 4.50. The number of alkyl halides is 2. The summed E-state index contributed by atoms with van der Waals surface area (Å²) in [5, 5.41) is 9.77. The molecular formula is C14H18F2N2O2. The molecule has 2 N–H and O–H groups in total. The Balaban J connectivity index is 1.75. The third kappa shape index (κ3) is 2.12. The second-order valence-electron chi connectivity index (χ2n) is 5.81. The van der Waals surface area contributed by atoms with Crippen molar-refractivity contribution in [2.24, 2.45) is 0 Å². The molecule has 110 valence electrons. The molecule has 1 atom stereocenters. The summed E-state index contributed by atoms with van der Waals surface area (Å²) in [6, 6.07) is 1.70. The molecule has 0 bridgehead atoms. The summed E-state index contributed by atoms with van der Waals surface area (Å²) in [5.41, 5.74) is -0.579. The Labute approximate surface area is 115 Å². The van der Waals surface area contributed by atoms with E-state index in [1.807, 2.05) is 0 Å². The number of H-pyrrole nitrogens is 1. The summed E-state index contributed by atoms with van der Waals surface area (Å²) >= 11 is 0. The first-order valence-corrected chi connectivity index (χ1v) is 6.98. The molecule has 20 heavy (non-hydrogen) atoms. The predicted molar refractivity (Wildman–Crippen MR) is 68.9 cm³/mol. The number of nitrogens with zero attached hydrogens (tertiary/aromatic N) is 1. The number of halogens is 2. The average Bonchev–Trinajstić information content (AvgIpc) is 2.94. The van der Waals surface area contributed by atoms with Gasteiger partial charge in [-0.25, -0.2) is 8.78 Å². The first kappa shape index (κ1) is 13.5. The van der Waals surface area contributed by atoms with E-state index in [1.165, 1.54) is 4.90 Å². The molecule has 0 aromatic carbocycles. The van der Waals surface area contributed by atoms with Crippen LogP contribution in [0.1, 0.15) is 47.7 Å². The number of aliphatic hydroxyl groups is 1. The zero-order valence-electron chi connectivity index (χ0n) is 11.1. The second-order valence-corrected chi connectivity index (χ2v) is 5.81. The highest BCUT2D eigenvalue weighted by Crippen LogP contribution is 2.38. The number of amides is 1. The summed E-state index contributed by atoms with van der Waals surface area (Å²) in [7, 11) is 0. The highest BCUT2D eigenvalue weighted by atomic mass is 19.3. The minimum Gasteiger partial charge on any atom is -0.382 e. The number of nitrogens with one attached hydrogen (secondary N) is 1. The van der Waals surface area contributed by atoms with Gasteiger partial charge in [0.25, 0.3) is 12.3 Å². The molecule has 1 aromatic rings. The zero-order chi connectivity index (χ0) is 14.3. The van der Waals surface area contributed by atoms with E-state index >= 15 is 0 Å². The van der Waals surface area contributed by atoms with Crippen LogP contribution < -0.4 is 0 Å². The van der Waals surface area contributed by atoms with E-state index in [4.69, 9.17) is 0 Å². The molecule has 3 rings (SSSR count). The molecule has 1 unspecified atom stereocenters. The Hall–Kier alpha value is -1.43. The van der Waals surface area contributed by atoms with Crippen molar-refractivity contribution in [3.05, 3.63) is 23.5 Å². The standard InChI is InChI=1S/C14H18F2N2O2/c15-13(16)14(20)5-7-18(8-14)12(19)10-4-6-17-11(10)9-2-1-3-9/h4,6,9,13,17,20H,1-3,5,7-8H2. The van der Waals surface area contributed by atoms with Gasteiger partial charge < -0.3 is 15.0 Å². The van der Waals surface area contributed by atoms with Crippen LogP contribution in [0.2, 0.25) is 0 Å². The van der Waals surface area contributed by atoms with Crippen LogP contribution in [-0.4, -0.2) is 46.0 Å². The number of likely N-dealkylation sites (tertiary alicyclic amines) is 1. The number of rotatable bonds is 3. The fourth-order valence-electron chi connectivity index (χ4n) is 2.94. The van der Waals surface area contributed by atoms with Gasteiger partial charge in [-0.3, -0.25) is 4.79 Å². The van der Waals surface area contributed by atoms with Crippen LogP contribution in [0.4, 0.5) is 8.78 Å². The fourth-order valence-corrected chi connectivity index (χ4v) is 2.94. The van der Waals surface area contributed by atoms with Crippen LogP contribution in [0.25, 0.3) is 0 Å². The van der Waals surface area contributed by atoms with Crippen LogP contribution in [0.5, 0.6) is 0 Å². The van der Waals surface area contributed by atoms with Crippen molar-refractivity contribution in [2.75, 3.05) is 13.1 Å². The third-order valence-electron chi connectivity index (χ3n) is 4.50. The maximum absolute atomic E-state index is 12.8. The minimum absolute atomic E-state index is 0.0698. The maximum Gasteiger partial charge on any atom is 0.268 e. The number of hydrogen-bond donors (Lipinski definition) is 2. The molecule has 6 heteroatoms. The number of hydrogen-bond acceptors (Lipinski definition) is 2. The van der Waals surface area contributed by atoms with E-state index in [1.54, 1.807) is 12.3 Å². The van der Waals surface area contributed by atoms with E-state index in [-0.39, 0.29) is 25.4 Å². The summed E-state index contributed by atoms with van der Waals surface area (Å²) in [6.07, 6.45) is 2.10. The fraction of sp³-hybridized carbons (Fsp3) is 0.643. The number of aromatic amines is 1. The van der Waals surface area contributed by atoms with Gasteiger partial charge in [-0.05, 0) is 24.8 Å². The van der Waals surface area contributed by atoms with Gasteiger partial charge in [0.15, 0.2) is 0 Å². The average molecular weight is 284 g/mol. The Morgan fingerprint density at radius 3 is 2.80 bits per heavy atom. The lowest BCUT2D eigenvalue weighted by molar-refractivity contribution is -0.0855. The minimum atomic E-state index is -2.82. The molecular weight excluding hydrogens is 266 g/mol. The van der Waals surface area contributed by atoms with Crippen molar-refractivity contribution >= 4 is 5.91 Å². The van der Waals surface area contributed by atoms with Crippen LogP contribution >= 0.6 is 0 Å². The van der Waals surface area contributed by atoms with E-state index in [0.717, 1.165) is 25.0 Å². The molecule has 2 fully saturated rings. The summed E-state index contributed by atoms with van der Waals surface area (Å²) in [5.74, 6) is 0.116. The molecule has 1 amide bonds. The van der Waals surface area contributed by atoms with Crippen LogP contribution in [0.15, 0.2) is 12.3 Å². The highest BCUT2D eigenvalue weighted by molar-refractivity contribution is 5.96. The smallest absolute Gasteiger partial charge is 0.268 e. The lowest BCUT2D eigenvalue weighted by Crippen LogP contribution is -2.41. The van der Waals surface area contributed by atoms with Crippen LogP contribution in [0, 0.1) is 0 Å². The Kier molecular flexibility index (Phi) is 3.28. The number of β-amino-alcohol motifs (C(OH)–C–C–N with tert-alkyl or cyclic N) is 1. The zero-order valence-corrected chi connectivity index (χ0v) is 11.1. The molecule has 0 spiro atoms. The number of carbonyl (C=O) groups is 1. The summed E-state index contributed by atoms with van der Waals surface area (Å²) < 4.78 is 25.6. The molecule has 1 saturated carbocycles. The van der Waals surface area contributed by atoms with Crippen LogP contribution in [-0.2, 0) is 0 Å². The molecule has 0 radical (unpaired) electrons. The number of aromatic nitrogens is 1. The largest absolute Gasteiger partial charge is 0.382 e. The first-order valence-electron chi connectivity index (χ1n) is 6.98. The summed E-state index contributed by atoms with van der Waals surface area (Å²) in [6.45, 7) is -0.117. The SMILES string of the molecule is O=C(c1cc[nH]c1C1CCC1)N1CCC(O)(C(F)F)C1. The van der Waals surface area contributed by atoms with Gasteiger partial charge in [-0.2, -0.15) is 0 Å². The van der Waals surface area contributed by atoms with E-state index in [2.05, 4.69) is 4.98 Å². The van der Waals surface area contributed by atoms with Crippen molar-refractivity contribution in [3.8, 4) is 0 Å².